The molecule has 1 atom stereocenters. The van der Waals surface area contributed by atoms with Crippen molar-refractivity contribution in [1.82, 2.24) is 10.4 Å². The Labute approximate surface area is 53.2 Å². The first-order chi connectivity index (χ1) is 4.34. The van der Waals surface area contributed by atoms with Crippen molar-refractivity contribution < 1.29 is 0 Å². The number of aromatic nitrogens is 1. The zero-order valence-electron chi connectivity index (χ0n) is 4.96. The predicted molar refractivity (Wildman–Crippen MR) is 35.0 cm³/mol. The molecule has 0 aliphatic carbocycles. The maximum absolute atomic E-state index is 5.47. The van der Waals surface area contributed by atoms with E-state index in [1.807, 2.05) is 12.1 Å². The number of hydrogen-bond acceptors (Lipinski definition) is 3. The van der Waals surface area contributed by atoms with Gasteiger partial charge in [-0.1, -0.05) is 0 Å². The smallest absolute Gasteiger partial charge is 0.109 e. The molecule has 0 aliphatic heterocycles. The van der Waals surface area contributed by atoms with Gasteiger partial charge in [-0.3, -0.25) is 5.84 Å². The van der Waals surface area contributed by atoms with E-state index in [-0.39, 0.29) is 6.17 Å². The minimum absolute atomic E-state index is 0.292. The molecule has 0 aliphatic rings. The average molecular weight is 126 g/mol. The lowest BCUT2D eigenvalue weighted by Gasteiger charge is -2.05. The fourth-order valence-electron chi connectivity index (χ4n) is 0.627. The second-order valence-electron chi connectivity index (χ2n) is 1.77. The van der Waals surface area contributed by atoms with Gasteiger partial charge in [0.2, 0.25) is 0 Å². The Morgan fingerprint density at radius 2 is 2.44 bits per heavy atom. The summed E-state index contributed by atoms with van der Waals surface area (Å²) in [6.07, 6.45) is 1.51. The Bertz CT molecular complexity index is 157. The first-order valence-corrected chi connectivity index (χ1v) is 2.69. The van der Waals surface area contributed by atoms with Crippen LogP contribution in [0, 0.1) is 0 Å². The quantitative estimate of drug-likeness (QED) is 0.243. The van der Waals surface area contributed by atoms with Gasteiger partial charge < -0.3 is 10.7 Å². The van der Waals surface area contributed by atoms with E-state index in [2.05, 4.69) is 10.4 Å². The molecule has 1 aromatic rings. The van der Waals surface area contributed by atoms with Gasteiger partial charge in [-0.25, -0.2) is 5.43 Å². The minimum Gasteiger partial charge on any atom is -0.363 e. The monoisotopic (exact) mass is 126 g/mol. The summed E-state index contributed by atoms with van der Waals surface area (Å²) in [5.74, 6) is 5.07. The molecule has 4 heteroatoms. The second-order valence-corrected chi connectivity index (χ2v) is 1.77. The first kappa shape index (κ1) is 6.28. The van der Waals surface area contributed by atoms with Gasteiger partial charge in [0.05, 0.1) is 0 Å². The van der Waals surface area contributed by atoms with E-state index in [1.165, 1.54) is 0 Å². The van der Waals surface area contributed by atoms with Crippen LogP contribution in [0.4, 0.5) is 0 Å². The molecule has 0 aromatic carbocycles. The van der Waals surface area contributed by atoms with Crippen LogP contribution in [-0.4, -0.2) is 4.98 Å². The largest absolute Gasteiger partial charge is 0.363 e. The summed E-state index contributed by atoms with van der Waals surface area (Å²) < 4.78 is 0. The molecule has 1 heterocycles. The van der Waals surface area contributed by atoms with Crippen molar-refractivity contribution >= 4 is 0 Å². The molecular weight excluding hydrogens is 116 g/mol. The zero-order chi connectivity index (χ0) is 6.69. The normalized spacial score (nSPS) is 13.6. The Kier molecular flexibility index (Phi) is 1.84. The highest BCUT2D eigenvalue weighted by Gasteiger charge is 2.00. The summed E-state index contributed by atoms with van der Waals surface area (Å²) in [6, 6.07) is 3.73. The van der Waals surface area contributed by atoms with Crippen molar-refractivity contribution in [1.29, 1.82) is 0 Å². The van der Waals surface area contributed by atoms with Crippen molar-refractivity contribution in [3.8, 4) is 0 Å². The molecule has 0 bridgehead atoms. The van der Waals surface area contributed by atoms with Gasteiger partial charge in [0, 0.05) is 11.9 Å². The minimum atomic E-state index is -0.292. The third-order valence-corrected chi connectivity index (χ3v) is 1.14. The molecule has 9 heavy (non-hydrogen) atoms. The number of nitrogens with one attached hydrogen (secondary N) is 2. The van der Waals surface area contributed by atoms with Crippen LogP contribution < -0.4 is 17.0 Å². The zero-order valence-corrected chi connectivity index (χ0v) is 4.96. The van der Waals surface area contributed by atoms with Crippen LogP contribution in [0.3, 0.4) is 0 Å². The number of rotatable bonds is 2. The number of nitrogens with two attached hydrogens (primary N) is 2. The maximum Gasteiger partial charge on any atom is 0.109 e. The summed E-state index contributed by atoms with van der Waals surface area (Å²) in [4.78, 5) is 2.92. The third-order valence-electron chi connectivity index (χ3n) is 1.14. The SMILES string of the molecule is NNC(N)c1ccc[nH]1. The molecule has 0 radical (unpaired) electrons. The molecule has 0 amide bonds. The van der Waals surface area contributed by atoms with E-state index in [0.717, 1.165) is 5.69 Å². The molecular formula is C5H10N4. The van der Waals surface area contributed by atoms with Crippen LogP contribution in [0.5, 0.6) is 0 Å². The van der Waals surface area contributed by atoms with E-state index >= 15 is 0 Å². The van der Waals surface area contributed by atoms with Crippen LogP contribution >= 0.6 is 0 Å². The van der Waals surface area contributed by atoms with Crippen LogP contribution in [0.2, 0.25) is 0 Å². The number of aromatic amines is 1. The lowest BCUT2D eigenvalue weighted by atomic mass is 10.4. The molecule has 6 N–H and O–H groups in total. The predicted octanol–water partition coefficient (Wildman–Crippen LogP) is -0.565. The van der Waals surface area contributed by atoms with Gasteiger partial charge >= 0.3 is 0 Å². The molecule has 0 saturated carbocycles. The van der Waals surface area contributed by atoms with Crippen LogP contribution in [-0.2, 0) is 0 Å². The fourth-order valence-corrected chi connectivity index (χ4v) is 0.627. The summed E-state index contributed by atoms with van der Waals surface area (Å²) in [6.45, 7) is 0. The fraction of sp³-hybridized carbons (Fsp3) is 0.200. The van der Waals surface area contributed by atoms with Crippen molar-refractivity contribution in [3.63, 3.8) is 0 Å². The van der Waals surface area contributed by atoms with Crippen molar-refractivity contribution in [3.05, 3.63) is 24.0 Å². The Hall–Kier alpha value is -0.840. The molecule has 0 fully saturated rings. The molecule has 1 rings (SSSR count). The third kappa shape index (κ3) is 1.29. The number of hydrogen-bond donors (Lipinski definition) is 4. The highest BCUT2D eigenvalue weighted by atomic mass is 15.3. The van der Waals surface area contributed by atoms with E-state index < -0.39 is 0 Å². The highest BCUT2D eigenvalue weighted by Crippen LogP contribution is 2.00. The summed E-state index contributed by atoms with van der Waals surface area (Å²) in [5.41, 5.74) is 8.77. The Morgan fingerprint density at radius 3 is 2.89 bits per heavy atom. The summed E-state index contributed by atoms with van der Waals surface area (Å²) in [5, 5.41) is 0. The number of H-pyrrole nitrogens is 1. The lowest BCUT2D eigenvalue weighted by molar-refractivity contribution is 0.565. The molecule has 0 spiro atoms. The van der Waals surface area contributed by atoms with Gasteiger partial charge in [0.1, 0.15) is 6.17 Å². The lowest BCUT2D eigenvalue weighted by Crippen LogP contribution is -2.34. The van der Waals surface area contributed by atoms with Gasteiger partial charge in [-0.2, -0.15) is 0 Å². The number of hydrazine groups is 1. The topological polar surface area (TPSA) is 79.9 Å². The van der Waals surface area contributed by atoms with Crippen molar-refractivity contribution in [2.45, 2.75) is 6.17 Å². The molecule has 4 nitrogen and oxygen atoms in total. The second kappa shape index (κ2) is 2.63. The van der Waals surface area contributed by atoms with Crippen molar-refractivity contribution in [2.24, 2.45) is 11.6 Å². The van der Waals surface area contributed by atoms with E-state index in [0.29, 0.717) is 0 Å². The summed E-state index contributed by atoms with van der Waals surface area (Å²) >= 11 is 0. The summed E-state index contributed by atoms with van der Waals surface area (Å²) in [7, 11) is 0. The molecule has 1 aromatic heterocycles. The van der Waals surface area contributed by atoms with Gasteiger partial charge in [-0.15, -0.1) is 0 Å². The van der Waals surface area contributed by atoms with Crippen LogP contribution in [0.15, 0.2) is 18.3 Å². The molecule has 0 saturated heterocycles. The van der Waals surface area contributed by atoms with Crippen LogP contribution in [0.25, 0.3) is 0 Å². The molecule has 50 valence electrons. The van der Waals surface area contributed by atoms with Gasteiger partial charge in [0.15, 0.2) is 0 Å². The Balaban J connectivity index is 2.65. The van der Waals surface area contributed by atoms with E-state index in [9.17, 15) is 0 Å². The van der Waals surface area contributed by atoms with Gasteiger partial charge in [0.25, 0.3) is 0 Å². The van der Waals surface area contributed by atoms with Crippen LogP contribution in [0.1, 0.15) is 11.9 Å². The van der Waals surface area contributed by atoms with E-state index in [1.54, 1.807) is 6.20 Å². The molecule has 1 unspecified atom stereocenters. The average Bonchev–Trinajstić information content (AvgIpc) is 2.37. The highest BCUT2D eigenvalue weighted by molar-refractivity contribution is 5.06. The Morgan fingerprint density at radius 1 is 1.67 bits per heavy atom. The maximum atomic E-state index is 5.47. The van der Waals surface area contributed by atoms with E-state index in [4.69, 9.17) is 11.6 Å². The first-order valence-electron chi connectivity index (χ1n) is 2.69. The van der Waals surface area contributed by atoms with Gasteiger partial charge in [-0.05, 0) is 12.1 Å². The standard InChI is InChI=1S/C5H10N4/c6-5(9-7)4-2-1-3-8-4/h1-3,5,8-9H,6-7H2. The van der Waals surface area contributed by atoms with Crippen molar-refractivity contribution in [2.75, 3.05) is 0 Å².